The number of carbonyl (C=O) groups excluding carboxylic acids is 1. The number of nitrogens with zero attached hydrogens (tertiary/aromatic N) is 2. The van der Waals surface area contributed by atoms with E-state index < -0.39 is 0 Å². The number of carbonyl (C=O) groups is 1. The molecular formula is C17H16N4O2. The number of hydrogen-bond acceptors (Lipinski definition) is 5. The van der Waals surface area contributed by atoms with Gasteiger partial charge in [0, 0.05) is 11.8 Å². The number of hydrogen-bond donors (Lipinski definition) is 2. The Balaban J connectivity index is 1.61. The van der Waals surface area contributed by atoms with Crippen LogP contribution >= 0.6 is 0 Å². The topological polar surface area (TPSA) is 80.0 Å². The first-order chi connectivity index (χ1) is 11.3. The third-order valence-electron chi connectivity index (χ3n) is 3.25. The summed E-state index contributed by atoms with van der Waals surface area (Å²) >= 11 is 0. The zero-order valence-electron chi connectivity index (χ0n) is 12.4. The van der Waals surface area contributed by atoms with Crippen LogP contribution in [0, 0.1) is 0 Å². The lowest BCUT2D eigenvalue weighted by molar-refractivity contribution is -0.119. The summed E-state index contributed by atoms with van der Waals surface area (Å²) in [6, 6.07) is 13.4. The number of benzene rings is 1. The summed E-state index contributed by atoms with van der Waals surface area (Å²) in [4.78, 5) is 20.2. The van der Waals surface area contributed by atoms with Crippen LogP contribution in [0.25, 0.3) is 11.1 Å². The van der Waals surface area contributed by atoms with Gasteiger partial charge in [-0.1, -0.05) is 30.3 Å². The van der Waals surface area contributed by atoms with E-state index in [1.165, 1.54) is 6.33 Å². The Bertz CT molecular complexity index is 757. The van der Waals surface area contributed by atoms with Crippen LogP contribution in [0.4, 0.5) is 5.82 Å². The van der Waals surface area contributed by atoms with Gasteiger partial charge in [-0.2, -0.15) is 0 Å². The maximum absolute atomic E-state index is 11.9. The molecule has 1 aromatic carbocycles. The van der Waals surface area contributed by atoms with Crippen molar-refractivity contribution in [3.05, 3.63) is 67.0 Å². The molecule has 0 unspecified atom stereocenters. The highest BCUT2D eigenvalue weighted by Crippen LogP contribution is 2.24. The van der Waals surface area contributed by atoms with E-state index in [0.29, 0.717) is 18.1 Å². The highest BCUT2D eigenvalue weighted by Gasteiger charge is 2.08. The SMILES string of the molecule is O=C(CNc1ncncc1-c1ccccc1)NCc1ccco1. The monoisotopic (exact) mass is 308 g/mol. The summed E-state index contributed by atoms with van der Waals surface area (Å²) in [5, 5.41) is 5.82. The van der Waals surface area contributed by atoms with Crippen molar-refractivity contribution in [2.24, 2.45) is 0 Å². The maximum Gasteiger partial charge on any atom is 0.239 e. The summed E-state index contributed by atoms with van der Waals surface area (Å²) in [7, 11) is 0. The number of aromatic nitrogens is 2. The molecule has 1 amide bonds. The van der Waals surface area contributed by atoms with Crippen molar-refractivity contribution in [3.8, 4) is 11.1 Å². The third-order valence-corrected chi connectivity index (χ3v) is 3.25. The zero-order chi connectivity index (χ0) is 15.9. The molecule has 2 N–H and O–H groups in total. The first kappa shape index (κ1) is 14.8. The molecule has 3 aromatic rings. The minimum Gasteiger partial charge on any atom is -0.467 e. The zero-order valence-corrected chi connectivity index (χ0v) is 12.4. The molecule has 2 aromatic heterocycles. The van der Waals surface area contributed by atoms with Gasteiger partial charge in [0.1, 0.15) is 17.9 Å². The molecule has 6 nitrogen and oxygen atoms in total. The van der Waals surface area contributed by atoms with E-state index in [9.17, 15) is 4.79 Å². The highest BCUT2D eigenvalue weighted by atomic mass is 16.3. The Morgan fingerprint density at radius 2 is 2.00 bits per heavy atom. The van der Waals surface area contributed by atoms with Crippen molar-refractivity contribution in [1.29, 1.82) is 0 Å². The summed E-state index contributed by atoms with van der Waals surface area (Å²) < 4.78 is 5.17. The highest BCUT2D eigenvalue weighted by molar-refractivity contribution is 5.82. The van der Waals surface area contributed by atoms with Gasteiger partial charge in [0.2, 0.25) is 5.91 Å². The molecule has 0 aliphatic carbocycles. The maximum atomic E-state index is 11.9. The third kappa shape index (κ3) is 3.94. The molecular weight excluding hydrogens is 292 g/mol. The molecule has 3 rings (SSSR count). The van der Waals surface area contributed by atoms with E-state index in [1.54, 1.807) is 18.5 Å². The lowest BCUT2D eigenvalue weighted by Crippen LogP contribution is -2.29. The molecule has 116 valence electrons. The largest absolute Gasteiger partial charge is 0.467 e. The van der Waals surface area contributed by atoms with Gasteiger partial charge < -0.3 is 15.1 Å². The van der Waals surface area contributed by atoms with Gasteiger partial charge in [-0.3, -0.25) is 4.79 Å². The fourth-order valence-electron chi connectivity index (χ4n) is 2.12. The molecule has 0 saturated carbocycles. The number of furan rings is 1. The Kier molecular flexibility index (Phi) is 4.63. The minimum atomic E-state index is -0.140. The summed E-state index contributed by atoms with van der Waals surface area (Å²) in [5.41, 5.74) is 1.85. The molecule has 6 heteroatoms. The fourth-order valence-corrected chi connectivity index (χ4v) is 2.12. The molecule has 0 saturated heterocycles. The van der Waals surface area contributed by atoms with E-state index in [-0.39, 0.29) is 12.5 Å². The van der Waals surface area contributed by atoms with Crippen LogP contribution in [-0.2, 0) is 11.3 Å². The van der Waals surface area contributed by atoms with Crippen molar-refractivity contribution < 1.29 is 9.21 Å². The molecule has 0 aliphatic heterocycles. The standard InChI is InChI=1S/C17H16N4O2/c22-16(19-9-14-7-4-8-23-14)11-20-17-15(10-18-12-21-17)13-5-2-1-3-6-13/h1-8,10,12H,9,11H2,(H,19,22)(H,18,20,21). The molecule has 0 radical (unpaired) electrons. The lowest BCUT2D eigenvalue weighted by Gasteiger charge is -2.10. The van der Waals surface area contributed by atoms with E-state index >= 15 is 0 Å². The normalized spacial score (nSPS) is 10.3. The molecule has 0 bridgehead atoms. The van der Waals surface area contributed by atoms with Gasteiger partial charge in [-0.25, -0.2) is 9.97 Å². The smallest absolute Gasteiger partial charge is 0.239 e. The summed E-state index contributed by atoms with van der Waals surface area (Å²) in [6.45, 7) is 0.486. The molecule has 0 atom stereocenters. The van der Waals surface area contributed by atoms with Gasteiger partial charge >= 0.3 is 0 Å². The van der Waals surface area contributed by atoms with Crippen LogP contribution in [0.3, 0.4) is 0 Å². The first-order valence-electron chi connectivity index (χ1n) is 7.21. The first-order valence-corrected chi connectivity index (χ1v) is 7.21. The van der Waals surface area contributed by atoms with E-state index in [4.69, 9.17) is 4.42 Å². The molecule has 2 heterocycles. The minimum absolute atomic E-state index is 0.123. The summed E-state index contributed by atoms with van der Waals surface area (Å²) in [6.07, 6.45) is 4.76. The number of rotatable bonds is 6. The van der Waals surface area contributed by atoms with Crippen LogP contribution in [-0.4, -0.2) is 22.4 Å². The van der Waals surface area contributed by atoms with Crippen LogP contribution in [0.1, 0.15) is 5.76 Å². The average molecular weight is 308 g/mol. The number of amides is 1. The predicted molar refractivity (Wildman–Crippen MR) is 86.5 cm³/mol. The van der Waals surface area contributed by atoms with E-state index in [0.717, 1.165) is 11.1 Å². The molecule has 0 spiro atoms. The number of nitrogens with one attached hydrogen (secondary N) is 2. The van der Waals surface area contributed by atoms with Crippen LogP contribution < -0.4 is 10.6 Å². The van der Waals surface area contributed by atoms with Crippen LogP contribution in [0.2, 0.25) is 0 Å². The molecule has 0 aliphatic rings. The average Bonchev–Trinajstić information content (AvgIpc) is 3.13. The lowest BCUT2D eigenvalue weighted by atomic mass is 10.1. The van der Waals surface area contributed by atoms with E-state index in [2.05, 4.69) is 20.6 Å². The van der Waals surface area contributed by atoms with Gasteiger partial charge in [0.25, 0.3) is 0 Å². The second-order valence-corrected chi connectivity index (χ2v) is 4.86. The Morgan fingerprint density at radius 1 is 1.13 bits per heavy atom. The molecule has 0 fully saturated rings. The van der Waals surface area contributed by atoms with Crippen molar-refractivity contribution in [2.45, 2.75) is 6.54 Å². The summed E-state index contributed by atoms with van der Waals surface area (Å²) in [5.74, 6) is 1.20. The molecule has 23 heavy (non-hydrogen) atoms. The van der Waals surface area contributed by atoms with Crippen molar-refractivity contribution in [3.63, 3.8) is 0 Å². The van der Waals surface area contributed by atoms with Gasteiger partial charge in [-0.05, 0) is 17.7 Å². The number of anilines is 1. The quantitative estimate of drug-likeness (QED) is 0.731. The van der Waals surface area contributed by atoms with Crippen LogP contribution in [0.5, 0.6) is 0 Å². The van der Waals surface area contributed by atoms with E-state index in [1.807, 2.05) is 36.4 Å². The Hall–Kier alpha value is -3.15. The second-order valence-electron chi connectivity index (χ2n) is 4.86. The van der Waals surface area contributed by atoms with Crippen LogP contribution in [0.15, 0.2) is 65.7 Å². The van der Waals surface area contributed by atoms with Gasteiger partial charge in [0.05, 0.1) is 19.4 Å². The Morgan fingerprint density at radius 3 is 2.78 bits per heavy atom. The van der Waals surface area contributed by atoms with Gasteiger partial charge in [-0.15, -0.1) is 0 Å². The predicted octanol–water partition coefficient (Wildman–Crippen LogP) is 2.46. The second kappa shape index (κ2) is 7.22. The van der Waals surface area contributed by atoms with Gasteiger partial charge in [0.15, 0.2) is 0 Å². The van der Waals surface area contributed by atoms with Crippen molar-refractivity contribution in [1.82, 2.24) is 15.3 Å². The van der Waals surface area contributed by atoms with Crippen molar-refractivity contribution >= 4 is 11.7 Å². The Labute approximate surface area is 133 Å². The fraction of sp³-hybridized carbons (Fsp3) is 0.118. The van der Waals surface area contributed by atoms with Crippen molar-refractivity contribution in [2.75, 3.05) is 11.9 Å².